The second-order valence-electron chi connectivity index (χ2n) is 4.52. The Morgan fingerprint density at radius 3 is 2.89 bits per heavy atom. The first-order chi connectivity index (χ1) is 9.15. The van der Waals surface area contributed by atoms with Crippen LogP contribution < -0.4 is 10.9 Å². The molecule has 0 aliphatic rings. The van der Waals surface area contributed by atoms with E-state index in [0.29, 0.717) is 11.7 Å². The zero-order chi connectivity index (χ0) is 13.7. The summed E-state index contributed by atoms with van der Waals surface area (Å²) in [6, 6.07) is 3.61. The van der Waals surface area contributed by atoms with Gasteiger partial charge in [-0.25, -0.2) is 5.10 Å². The van der Waals surface area contributed by atoms with Crippen molar-refractivity contribution in [2.75, 3.05) is 6.54 Å². The van der Waals surface area contributed by atoms with E-state index in [-0.39, 0.29) is 5.56 Å². The van der Waals surface area contributed by atoms with Crippen LogP contribution in [0.2, 0.25) is 0 Å². The molecule has 0 fully saturated rings. The Kier molecular flexibility index (Phi) is 4.75. The van der Waals surface area contributed by atoms with Crippen LogP contribution in [-0.4, -0.2) is 33.0 Å². The summed E-state index contributed by atoms with van der Waals surface area (Å²) in [7, 11) is 0. The van der Waals surface area contributed by atoms with Gasteiger partial charge in [0.15, 0.2) is 5.01 Å². The molecule has 7 heteroatoms. The molecule has 0 saturated heterocycles. The Bertz CT molecular complexity index is 557. The lowest BCUT2D eigenvalue weighted by atomic mass is 10.3. The molecule has 0 amide bonds. The maximum absolute atomic E-state index is 10.9. The summed E-state index contributed by atoms with van der Waals surface area (Å²) in [5.74, 6) is 0. The SMILES string of the molecule is CC(C)NCCCc1nnc(-c2ccc(=O)[nH]n2)s1. The van der Waals surface area contributed by atoms with Crippen LogP contribution >= 0.6 is 11.3 Å². The number of hydrogen-bond acceptors (Lipinski definition) is 6. The second-order valence-corrected chi connectivity index (χ2v) is 5.58. The number of hydrogen-bond donors (Lipinski definition) is 2. The molecule has 0 spiro atoms. The van der Waals surface area contributed by atoms with Gasteiger partial charge in [0.2, 0.25) is 0 Å². The first-order valence-corrected chi connectivity index (χ1v) is 7.08. The fraction of sp³-hybridized carbons (Fsp3) is 0.500. The zero-order valence-electron chi connectivity index (χ0n) is 11.0. The van der Waals surface area contributed by atoms with Gasteiger partial charge in [-0.05, 0) is 19.0 Å². The monoisotopic (exact) mass is 279 g/mol. The smallest absolute Gasteiger partial charge is 0.264 e. The molecule has 0 aliphatic carbocycles. The fourth-order valence-electron chi connectivity index (χ4n) is 1.55. The minimum absolute atomic E-state index is 0.215. The first-order valence-electron chi connectivity index (χ1n) is 6.27. The van der Waals surface area contributed by atoms with Crippen molar-refractivity contribution in [3.05, 3.63) is 27.5 Å². The lowest BCUT2D eigenvalue weighted by Gasteiger charge is -2.05. The summed E-state index contributed by atoms with van der Waals surface area (Å²) in [5.41, 5.74) is 0.442. The van der Waals surface area contributed by atoms with Crippen LogP contribution in [-0.2, 0) is 6.42 Å². The average molecular weight is 279 g/mol. The molecule has 0 bridgehead atoms. The molecular weight excluding hydrogens is 262 g/mol. The molecule has 2 N–H and O–H groups in total. The van der Waals surface area contributed by atoms with Crippen molar-refractivity contribution in [3.8, 4) is 10.7 Å². The molecule has 0 radical (unpaired) electrons. The third kappa shape index (κ3) is 4.22. The summed E-state index contributed by atoms with van der Waals surface area (Å²) in [6.07, 6.45) is 1.94. The fourth-order valence-corrected chi connectivity index (χ4v) is 2.40. The summed E-state index contributed by atoms with van der Waals surface area (Å²) in [5, 5.41) is 19.7. The number of nitrogens with zero attached hydrogens (tertiary/aromatic N) is 3. The first kappa shape index (κ1) is 13.8. The maximum atomic E-state index is 10.9. The van der Waals surface area contributed by atoms with Crippen molar-refractivity contribution in [1.82, 2.24) is 25.7 Å². The van der Waals surface area contributed by atoms with Crippen LogP contribution in [0.1, 0.15) is 25.3 Å². The largest absolute Gasteiger partial charge is 0.315 e. The van der Waals surface area contributed by atoms with Gasteiger partial charge in [-0.15, -0.1) is 10.2 Å². The highest BCUT2D eigenvalue weighted by atomic mass is 32.1. The van der Waals surface area contributed by atoms with Gasteiger partial charge < -0.3 is 5.32 Å². The van der Waals surface area contributed by atoms with E-state index < -0.39 is 0 Å². The van der Waals surface area contributed by atoms with Crippen molar-refractivity contribution in [1.29, 1.82) is 0 Å². The van der Waals surface area contributed by atoms with Crippen LogP contribution in [0.25, 0.3) is 10.7 Å². The minimum atomic E-state index is -0.215. The van der Waals surface area contributed by atoms with Gasteiger partial charge in [-0.2, -0.15) is 5.10 Å². The highest BCUT2D eigenvalue weighted by Gasteiger charge is 2.07. The van der Waals surface area contributed by atoms with Gasteiger partial charge in [0.05, 0.1) is 0 Å². The zero-order valence-corrected chi connectivity index (χ0v) is 11.8. The van der Waals surface area contributed by atoms with E-state index in [2.05, 4.69) is 39.6 Å². The van der Waals surface area contributed by atoms with Gasteiger partial charge in [-0.1, -0.05) is 25.2 Å². The van der Waals surface area contributed by atoms with Crippen molar-refractivity contribution in [3.63, 3.8) is 0 Å². The van der Waals surface area contributed by atoms with E-state index >= 15 is 0 Å². The summed E-state index contributed by atoms with van der Waals surface area (Å²) >= 11 is 1.52. The molecule has 0 saturated carbocycles. The van der Waals surface area contributed by atoms with Crippen molar-refractivity contribution in [2.45, 2.75) is 32.7 Å². The molecule has 0 aromatic carbocycles. The molecule has 6 nitrogen and oxygen atoms in total. The average Bonchev–Trinajstić information content (AvgIpc) is 2.84. The molecule has 0 atom stereocenters. The van der Waals surface area contributed by atoms with Gasteiger partial charge in [0, 0.05) is 18.5 Å². The summed E-state index contributed by atoms with van der Waals surface area (Å²) in [4.78, 5) is 10.9. The second kappa shape index (κ2) is 6.53. The molecule has 2 aromatic heterocycles. The lowest BCUT2D eigenvalue weighted by Crippen LogP contribution is -2.23. The predicted octanol–water partition coefficient (Wildman–Crippen LogP) is 1.22. The van der Waals surface area contributed by atoms with Crippen LogP contribution in [0.5, 0.6) is 0 Å². The van der Waals surface area contributed by atoms with Gasteiger partial charge in [-0.3, -0.25) is 4.79 Å². The molecule has 0 unspecified atom stereocenters. The standard InChI is InChI=1S/C12H17N5OS/c1-8(2)13-7-3-4-11-16-17-12(19-11)9-5-6-10(18)15-14-9/h5-6,8,13H,3-4,7H2,1-2H3,(H,15,18). The summed E-state index contributed by atoms with van der Waals surface area (Å²) < 4.78 is 0. The molecule has 2 rings (SSSR count). The predicted molar refractivity (Wildman–Crippen MR) is 75.2 cm³/mol. The van der Waals surface area contributed by atoms with E-state index in [1.54, 1.807) is 6.07 Å². The van der Waals surface area contributed by atoms with Gasteiger partial charge in [0.25, 0.3) is 5.56 Å². The molecule has 0 aliphatic heterocycles. The number of rotatable bonds is 6. The highest BCUT2D eigenvalue weighted by molar-refractivity contribution is 7.14. The van der Waals surface area contributed by atoms with Crippen molar-refractivity contribution < 1.29 is 0 Å². The Morgan fingerprint density at radius 2 is 2.21 bits per heavy atom. The van der Waals surface area contributed by atoms with Crippen LogP contribution in [0.4, 0.5) is 0 Å². The molecule has 102 valence electrons. The van der Waals surface area contributed by atoms with Crippen LogP contribution in [0.15, 0.2) is 16.9 Å². The Morgan fingerprint density at radius 1 is 1.37 bits per heavy atom. The van der Waals surface area contributed by atoms with Gasteiger partial charge in [0.1, 0.15) is 10.7 Å². The van der Waals surface area contributed by atoms with E-state index in [0.717, 1.165) is 29.4 Å². The normalized spacial score (nSPS) is 11.1. The molecular formula is C12H17N5OS. The highest BCUT2D eigenvalue weighted by Crippen LogP contribution is 2.20. The maximum Gasteiger partial charge on any atom is 0.264 e. The van der Waals surface area contributed by atoms with E-state index in [9.17, 15) is 4.79 Å². The topological polar surface area (TPSA) is 83.6 Å². The molecule has 2 heterocycles. The minimum Gasteiger partial charge on any atom is -0.315 e. The summed E-state index contributed by atoms with van der Waals surface area (Å²) in [6.45, 7) is 5.24. The van der Waals surface area contributed by atoms with Crippen LogP contribution in [0.3, 0.4) is 0 Å². The Balaban J connectivity index is 1.92. The lowest BCUT2D eigenvalue weighted by molar-refractivity contribution is 0.569. The van der Waals surface area contributed by atoms with E-state index in [4.69, 9.17) is 0 Å². The van der Waals surface area contributed by atoms with Crippen molar-refractivity contribution in [2.24, 2.45) is 0 Å². The Hall–Kier alpha value is -1.60. The van der Waals surface area contributed by atoms with Crippen molar-refractivity contribution >= 4 is 11.3 Å². The number of aromatic amines is 1. The van der Waals surface area contributed by atoms with Gasteiger partial charge >= 0.3 is 0 Å². The number of aromatic nitrogens is 4. The van der Waals surface area contributed by atoms with E-state index in [1.165, 1.54) is 17.4 Å². The quantitative estimate of drug-likeness (QED) is 0.777. The number of nitrogens with one attached hydrogen (secondary N) is 2. The number of H-pyrrole nitrogens is 1. The molecule has 2 aromatic rings. The van der Waals surface area contributed by atoms with E-state index in [1.807, 2.05) is 0 Å². The van der Waals surface area contributed by atoms with Crippen LogP contribution in [0, 0.1) is 0 Å². The molecule has 19 heavy (non-hydrogen) atoms. The third-order valence-electron chi connectivity index (χ3n) is 2.49. The Labute approximate surface area is 115 Å². The number of aryl methyl sites for hydroxylation is 1. The third-order valence-corrected chi connectivity index (χ3v) is 3.49.